The van der Waals surface area contributed by atoms with E-state index in [-0.39, 0.29) is 0 Å². The minimum absolute atomic E-state index is 0.527. The Kier molecular flexibility index (Phi) is 3.01. The molecule has 0 saturated carbocycles. The van der Waals surface area contributed by atoms with Crippen molar-refractivity contribution in [1.82, 2.24) is 0 Å². The first-order chi connectivity index (χ1) is 5.18. The van der Waals surface area contributed by atoms with Gasteiger partial charge in [0.1, 0.15) is 5.75 Å². The Morgan fingerprint density at radius 1 is 1.09 bits per heavy atom. The van der Waals surface area contributed by atoms with Crippen LogP contribution in [0.1, 0.15) is 11.1 Å². The monoisotopic (exact) mass is 167 g/mol. The highest BCUT2D eigenvalue weighted by atomic mass is 32.2. The molecule has 1 aromatic rings. The SMILES string of the molecule is Cc1ccc(C[S+](C)C)cc1. The first kappa shape index (κ1) is 8.66. The van der Waals surface area contributed by atoms with Gasteiger partial charge in [-0.2, -0.15) is 0 Å². The van der Waals surface area contributed by atoms with Gasteiger partial charge in [-0.05, 0) is 17.8 Å². The van der Waals surface area contributed by atoms with E-state index in [1.165, 1.54) is 16.9 Å². The highest BCUT2D eigenvalue weighted by Crippen LogP contribution is 2.06. The van der Waals surface area contributed by atoms with Gasteiger partial charge in [0.15, 0.2) is 0 Å². The standard InChI is InChI=1S/C10H15S/c1-9-4-6-10(7-5-9)8-11(2)3/h4-7H,8H2,1-3H3/q+1. The van der Waals surface area contributed by atoms with E-state index in [1.807, 2.05) is 0 Å². The molecule has 1 heteroatoms. The fraction of sp³-hybridized carbons (Fsp3) is 0.400. The Labute approximate surface area is 72.0 Å². The van der Waals surface area contributed by atoms with E-state index < -0.39 is 0 Å². The summed E-state index contributed by atoms with van der Waals surface area (Å²) >= 11 is 0. The van der Waals surface area contributed by atoms with Crippen molar-refractivity contribution in [2.45, 2.75) is 12.7 Å². The van der Waals surface area contributed by atoms with Crippen molar-refractivity contribution in [3.05, 3.63) is 35.4 Å². The maximum Gasteiger partial charge on any atom is 0.132 e. The Morgan fingerprint density at radius 2 is 1.64 bits per heavy atom. The maximum atomic E-state index is 2.28. The predicted molar refractivity (Wildman–Crippen MR) is 54.1 cm³/mol. The third kappa shape index (κ3) is 2.98. The van der Waals surface area contributed by atoms with Crippen LogP contribution in [0.5, 0.6) is 0 Å². The molecule has 11 heavy (non-hydrogen) atoms. The summed E-state index contributed by atoms with van der Waals surface area (Å²) in [7, 11) is 0.527. The van der Waals surface area contributed by atoms with Crippen molar-refractivity contribution >= 4 is 10.9 Å². The highest BCUT2D eigenvalue weighted by Gasteiger charge is 2.02. The van der Waals surface area contributed by atoms with Crippen LogP contribution in [0, 0.1) is 6.92 Å². The van der Waals surface area contributed by atoms with Crippen LogP contribution in [-0.2, 0) is 16.6 Å². The topological polar surface area (TPSA) is 0 Å². The van der Waals surface area contributed by atoms with Crippen LogP contribution >= 0.6 is 0 Å². The zero-order valence-corrected chi connectivity index (χ0v) is 8.24. The van der Waals surface area contributed by atoms with E-state index in [1.54, 1.807) is 0 Å². The lowest BCUT2D eigenvalue weighted by atomic mass is 10.2. The van der Waals surface area contributed by atoms with Crippen LogP contribution < -0.4 is 0 Å². The minimum Gasteiger partial charge on any atom is -0.0589 e. The summed E-state index contributed by atoms with van der Waals surface area (Å²) in [6.45, 7) is 2.13. The van der Waals surface area contributed by atoms with Crippen molar-refractivity contribution in [1.29, 1.82) is 0 Å². The second-order valence-corrected chi connectivity index (χ2v) is 5.38. The second kappa shape index (κ2) is 3.82. The molecule has 1 aromatic carbocycles. The van der Waals surface area contributed by atoms with Gasteiger partial charge in [-0.3, -0.25) is 0 Å². The molecule has 0 heterocycles. The Morgan fingerprint density at radius 3 is 2.09 bits per heavy atom. The fourth-order valence-electron chi connectivity index (χ4n) is 1.02. The number of benzene rings is 1. The molecule has 0 spiro atoms. The minimum atomic E-state index is 0.527. The Hall–Kier alpha value is -0.430. The van der Waals surface area contributed by atoms with Gasteiger partial charge in [-0.25, -0.2) is 0 Å². The molecule has 0 unspecified atom stereocenters. The van der Waals surface area contributed by atoms with Crippen molar-refractivity contribution in [3.63, 3.8) is 0 Å². The van der Waals surface area contributed by atoms with Crippen LogP contribution in [0.15, 0.2) is 24.3 Å². The lowest BCUT2D eigenvalue weighted by Gasteiger charge is -1.98. The zero-order valence-electron chi connectivity index (χ0n) is 7.42. The van der Waals surface area contributed by atoms with Crippen LogP contribution in [-0.4, -0.2) is 12.5 Å². The molecule has 0 aliphatic rings. The first-order valence-electron chi connectivity index (χ1n) is 3.78. The summed E-state index contributed by atoms with van der Waals surface area (Å²) in [6, 6.07) is 8.81. The molecule has 1 rings (SSSR count). The second-order valence-electron chi connectivity index (χ2n) is 3.12. The number of aryl methyl sites for hydroxylation is 1. The van der Waals surface area contributed by atoms with E-state index in [4.69, 9.17) is 0 Å². The van der Waals surface area contributed by atoms with Gasteiger partial charge in [0.25, 0.3) is 0 Å². The van der Waals surface area contributed by atoms with E-state index in [0.717, 1.165) is 0 Å². The van der Waals surface area contributed by atoms with E-state index >= 15 is 0 Å². The Balaban J connectivity index is 2.66. The average Bonchev–Trinajstić information content (AvgIpc) is 1.93. The normalized spacial score (nSPS) is 10.5. The molecule has 0 aliphatic carbocycles. The quantitative estimate of drug-likeness (QED) is 0.593. The summed E-state index contributed by atoms with van der Waals surface area (Å²) in [5.74, 6) is 1.22. The summed E-state index contributed by atoms with van der Waals surface area (Å²) in [5, 5.41) is 0. The molecule has 0 aromatic heterocycles. The summed E-state index contributed by atoms with van der Waals surface area (Å²) in [6.07, 6.45) is 4.56. The van der Waals surface area contributed by atoms with E-state index in [2.05, 4.69) is 43.7 Å². The van der Waals surface area contributed by atoms with Crippen LogP contribution in [0.3, 0.4) is 0 Å². The molecule has 0 saturated heterocycles. The van der Waals surface area contributed by atoms with Crippen molar-refractivity contribution in [2.24, 2.45) is 0 Å². The largest absolute Gasteiger partial charge is 0.132 e. The van der Waals surface area contributed by atoms with Gasteiger partial charge < -0.3 is 0 Å². The number of hydrogen-bond acceptors (Lipinski definition) is 0. The molecular weight excluding hydrogens is 152 g/mol. The molecular formula is C10H15S+. The van der Waals surface area contributed by atoms with Gasteiger partial charge in [0, 0.05) is 5.56 Å². The van der Waals surface area contributed by atoms with Gasteiger partial charge >= 0.3 is 0 Å². The first-order valence-corrected chi connectivity index (χ1v) is 5.99. The third-order valence-corrected chi connectivity index (χ3v) is 2.49. The molecule has 0 amide bonds. The molecule has 0 nitrogen and oxygen atoms in total. The number of hydrogen-bond donors (Lipinski definition) is 0. The van der Waals surface area contributed by atoms with Crippen LogP contribution in [0.4, 0.5) is 0 Å². The molecule has 0 N–H and O–H groups in total. The van der Waals surface area contributed by atoms with E-state index in [9.17, 15) is 0 Å². The zero-order chi connectivity index (χ0) is 8.27. The highest BCUT2D eigenvalue weighted by molar-refractivity contribution is 7.94. The molecule has 0 aliphatic heterocycles. The average molecular weight is 167 g/mol. The molecule has 0 radical (unpaired) electrons. The lowest BCUT2D eigenvalue weighted by Crippen LogP contribution is -1.98. The van der Waals surface area contributed by atoms with Crippen molar-refractivity contribution in [2.75, 3.05) is 12.5 Å². The van der Waals surface area contributed by atoms with Gasteiger partial charge in [0.05, 0.1) is 12.5 Å². The smallest absolute Gasteiger partial charge is 0.0589 e. The van der Waals surface area contributed by atoms with E-state index in [0.29, 0.717) is 10.9 Å². The van der Waals surface area contributed by atoms with Crippen molar-refractivity contribution < 1.29 is 0 Å². The Bertz CT molecular complexity index is 211. The van der Waals surface area contributed by atoms with Crippen LogP contribution in [0.2, 0.25) is 0 Å². The maximum absolute atomic E-state index is 2.28. The predicted octanol–water partition coefficient (Wildman–Crippen LogP) is 2.37. The van der Waals surface area contributed by atoms with Gasteiger partial charge in [0.2, 0.25) is 0 Å². The molecule has 0 bridgehead atoms. The fourth-order valence-corrected chi connectivity index (χ4v) is 1.88. The lowest BCUT2D eigenvalue weighted by molar-refractivity contribution is 1.36. The summed E-state index contributed by atoms with van der Waals surface area (Å²) in [4.78, 5) is 0. The number of rotatable bonds is 2. The third-order valence-electron chi connectivity index (χ3n) is 1.58. The van der Waals surface area contributed by atoms with Gasteiger partial charge in [-0.1, -0.05) is 29.8 Å². The molecule has 0 atom stereocenters. The summed E-state index contributed by atoms with van der Waals surface area (Å²) < 4.78 is 0. The summed E-state index contributed by atoms with van der Waals surface area (Å²) in [5.41, 5.74) is 2.81. The van der Waals surface area contributed by atoms with Crippen LogP contribution in [0.25, 0.3) is 0 Å². The van der Waals surface area contributed by atoms with Crippen molar-refractivity contribution in [3.8, 4) is 0 Å². The molecule has 0 fully saturated rings. The molecule has 60 valence electrons. The van der Waals surface area contributed by atoms with Gasteiger partial charge in [-0.15, -0.1) is 0 Å².